The Labute approximate surface area is 91.1 Å². The van der Waals surface area contributed by atoms with Gasteiger partial charge in [0.1, 0.15) is 0 Å². The van der Waals surface area contributed by atoms with Crippen molar-refractivity contribution < 1.29 is 5.11 Å². The van der Waals surface area contributed by atoms with Crippen LogP contribution in [0.4, 0.5) is 0 Å². The van der Waals surface area contributed by atoms with Crippen LogP contribution in [0.15, 0.2) is 15.9 Å². The fourth-order valence-electron chi connectivity index (χ4n) is 0.953. The van der Waals surface area contributed by atoms with Crippen molar-refractivity contribution in [2.75, 3.05) is 13.2 Å². The molecule has 0 saturated carbocycles. The molecule has 2 N–H and O–H groups in total. The summed E-state index contributed by atoms with van der Waals surface area (Å²) in [6.07, 6.45) is 0. The number of aliphatic hydroxyl groups is 1. The molecule has 74 valence electrons. The summed E-state index contributed by atoms with van der Waals surface area (Å²) in [5, 5.41) is 12.1. The molecule has 0 aliphatic carbocycles. The highest BCUT2D eigenvalue weighted by Crippen LogP contribution is 2.21. The number of hydrogen-bond donors (Lipinski definition) is 2. The van der Waals surface area contributed by atoms with E-state index in [1.807, 2.05) is 6.92 Å². The smallest absolute Gasteiger partial charge is 0.0701 e. The Morgan fingerprint density at radius 3 is 2.92 bits per heavy atom. The Bertz CT molecular complexity index is 252. The Hall–Kier alpha value is 0.1000. The van der Waals surface area contributed by atoms with Crippen molar-refractivity contribution in [3.8, 4) is 0 Å². The molecule has 1 aromatic heterocycles. The molecule has 0 saturated heterocycles. The summed E-state index contributed by atoms with van der Waals surface area (Å²) in [4.78, 5) is 1.32. The molecule has 1 unspecified atom stereocenters. The summed E-state index contributed by atoms with van der Waals surface area (Å²) in [5.41, 5.74) is 0. The second-order valence-corrected chi connectivity index (χ2v) is 5.67. The lowest BCUT2D eigenvalue weighted by molar-refractivity contribution is 0.233. The standard InChI is InChI=1S/C9H14BrNOS/c1-7(6-12)4-11-5-8-2-3-9(10)13-8/h2-3,7,11-12H,4-6H2,1H3. The van der Waals surface area contributed by atoms with Crippen LogP contribution in [-0.4, -0.2) is 18.3 Å². The third-order valence-electron chi connectivity index (χ3n) is 1.73. The van der Waals surface area contributed by atoms with Crippen LogP contribution in [-0.2, 0) is 6.54 Å². The van der Waals surface area contributed by atoms with Gasteiger partial charge in [-0.1, -0.05) is 6.92 Å². The van der Waals surface area contributed by atoms with Gasteiger partial charge in [0.05, 0.1) is 3.79 Å². The van der Waals surface area contributed by atoms with Crippen molar-refractivity contribution in [3.05, 3.63) is 20.8 Å². The van der Waals surface area contributed by atoms with Gasteiger partial charge in [0.25, 0.3) is 0 Å². The van der Waals surface area contributed by atoms with Gasteiger partial charge in [-0.2, -0.15) is 0 Å². The van der Waals surface area contributed by atoms with E-state index in [-0.39, 0.29) is 6.61 Å². The van der Waals surface area contributed by atoms with Gasteiger partial charge < -0.3 is 10.4 Å². The summed E-state index contributed by atoms with van der Waals surface area (Å²) < 4.78 is 1.17. The lowest BCUT2D eigenvalue weighted by Crippen LogP contribution is -2.22. The molecule has 2 nitrogen and oxygen atoms in total. The molecule has 0 bridgehead atoms. The molecule has 0 aliphatic heterocycles. The molecule has 0 radical (unpaired) electrons. The Morgan fingerprint density at radius 2 is 2.38 bits per heavy atom. The van der Waals surface area contributed by atoms with Gasteiger partial charge in [0, 0.05) is 24.6 Å². The molecule has 1 rings (SSSR count). The minimum Gasteiger partial charge on any atom is -0.396 e. The minimum atomic E-state index is 0.251. The molecule has 0 spiro atoms. The minimum absolute atomic E-state index is 0.251. The first-order valence-electron chi connectivity index (χ1n) is 4.28. The second kappa shape index (κ2) is 5.75. The molecule has 0 aliphatic rings. The highest BCUT2D eigenvalue weighted by molar-refractivity contribution is 9.11. The van der Waals surface area contributed by atoms with Crippen LogP contribution in [0.1, 0.15) is 11.8 Å². The molecule has 1 aromatic rings. The zero-order chi connectivity index (χ0) is 9.68. The average molecular weight is 264 g/mol. The monoisotopic (exact) mass is 263 g/mol. The summed E-state index contributed by atoms with van der Waals surface area (Å²) in [6, 6.07) is 4.16. The molecule has 13 heavy (non-hydrogen) atoms. The van der Waals surface area contributed by atoms with Crippen molar-refractivity contribution in [1.82, 2.24) is 5.32 Å². The maximum absolute atomic E-state index is 8.79. The van der Waals surface area contributed by atoms with Gasteiger partial charge in [-0.05, 0) is 34.0 Å². The van der Waals surface area contributed by atoms with Crippen LogP contribution in [0.25, 0.3) is 0 Å². The maximum atomic E-state index is 8.79. The van der Waals surface area contributed by atoms with E-state index in [1.54, 1.807) is 11.3 Å². The zero-order valence-electron chi connectivity index (χ0n) is 7.59. The Balaban J connectivity index is 2.20. The lowest BCUT2D eigenvalue weighted by Gasteiger charge is -2.07. The largest absolute Gasteiger partial charge is 0.396 e. The highest BCUT2D eigenvalue weighted by atomic mass is 79.9. The van der Waals surface area contributed by atoms with Gasteiger partial charge in [-0.25, -0.2) is 0 Å². The molecule has 0 fully saturated rings. The van der Waals surface area contributed by atoms with E-state index >= 15 is 0 Å². The summed E-state index contributed by atoms with van der Waals surface area (Å²) in [5.74, 6) is 0.336. The molecule has 0 aromatic carbocycles. The van der Waals surface area contributed by atoms with Crippen molar-refractivity contribution >= 4 is 27.3 Å². The molecular weight excluding hydrogens is 250 g/mol. The van der Waals surface area contributed by atoms with Crippen molar-refractivity contribution in [3.63, 3.8) is 0 Å². The van der Waals surface area contributed by atoms with E-state index < -0.39 is 0 Å². The van der Waals surface area contributed by atoms with E-state index in [0.717, 1.165) is 13.1 Å². The molecular formula is C9H14BrNOS. The van der Waals surface area contributed by atoms with Crippen LogP contribution >= 0.6 is 27.3 Å². The zero-order valence-corrected chi connectivity index (χ0v) is 9.99. The van der Waals surface area contributed by atoms with Gasteiger partial charge >= 0.3 is 0 Å². The van der Waals surface area contributed by atoms with Crippen LogP contribution in [0.2, 0.25) is 0 Å². The predicted octanol–water partition coefficient (Wildman–Crippen LogP) is 2.23. The molecule has 4 heteroatoms. The third kappa shape index (κ3) is 4.22. The van der Waals surface area contributed by atoms with Crippen LogP contribution < -0.4 is 5.32 Å². The number of nitrogens with one attached hydrogen (secondary N) is 1. The van der Waals surface area contributed by atoms with Crippen molar-refractivity contribution in [2.45, 2.75) is 13.5 Å². The number of rotatable bonds is 5. The molecule has 0 amide bonds. The van der Waals surface area contributed by atoms with Crippen molar-refractivity contribution in [1.29, 1.82) is 0 Å². The number of thiophene rings is 1. The van der Waals surface area contributed by atoms with Crippen LogP contribution in [0.5, 0.6) is 0 Å². The first-order valence-corrected chi connectivity index (χ1v) is 5.89. The quantitative estimate of drug-likeness (QED) is 0.854. The van der Waals surface area contributed by atoms with E-state index in [4.69, 9.17) is 5.11 Å². The van der Waals surface area contributed by atoms with E-state index in [1.165, 1.54) is 8.66 Å². The number of hydrogen-bond acceptors (Lipinski definition) is 3. The fraction of sp³-hybridized carbons (Fsp3) is 0.556. The van der Waals surface area contributed by atoms with Crippen LogP contribution in [0, 0.1) is 5.92 Å². The van der Waals surface area contributed by atoms with Gasteiger partial charge in [0.2, 0.25) is 0 Å². The molecule has 1 atom stereocenters. The van der Waals surface area contributed by atoms with Crippen LogP contribution in [0.3, 0.4) is 0 Å². The topological polar surface area (TPSA) is 32.3 Å². The Morgan fingerprint density at radius 1 is 1.62 bits per heavy atom. The number of halogens is 1. The SMILES string of the molecule is CC(CO)CNCc1ccc(Br)s1. The summed E-state index contributed by atoms with van der Waals surface area (Å²) in [7, 11) is 0. The van der Waals surface area contributed by atoms with Gasteiger partial charge in [-0.3, -0.25) is 0 Å². The van der Waals surface area contributed by atoms with Gasteiger partial charge in [-0.15, -0.1) is 11.3 Å². The second-order valence-electron chi connectivity index (χ2n) is 3.12. The van der Waals surface area contributed by atoms with E-state index in [2.05, 4.69) is 33.4 Å². The third-order valence-corrected chi connectivity index (χ3v) is 3.36. The summed E-state index contributed by atoms with van der Waals surface area (Å²) in [6.45, 7) is 4.03. The van der Waals surface area contributed by atoms with Crippen molar-refractivity contribution in [2.24, 2.45) is 5.92 Å². The highest BCUT2D eigenvalue weighted by Gasteiger charge is 2.00. The summed E-state index contributed by atoms with van der Waals surface area (Å²) >= 11 is 5.16. The van der Waals surface area contributed by atoms with E-state index in [0.29, 0.717) is 5.92 Å². The molecule has 1 heterocycles. The average Bonchev–Trinajstić information content (AvgIpc) is 2.51. The predicted molar refractivity (Wildman–Crippen MR) is 60.0 cm³/mol. The normalized spacial score (nSPS) is 13.2. The van der Waals surface area contributed by atoms with E-state index in [9.17, 15) is 0 Å². The Kier molecular flexibility index (Phi) is 4.94. The first kappa shape index (κ1) is 11.2. The first-order chi connectivity index (χ1) is 6.22. The lowest BCUT2D eigenvalue weighted by atomic mass is 10.2. The maximum Gasteiger partial charge on any atom is 0.0701 e. The number of aliphatic hydroxyl groups excluding tert-OH is 1. The van der Waals surface area contributed by atoms with Gasteiger partial charge in [0.15, 0.2) is 0 Å². The fourth-order valence-corrected chi connectivity index (χ4v) is 2.41.